The second kappa shape index (κ2) is 5.55. The van der Waals surface area contributed by atoms with Gasteiger partial charge in [0.25, 0.3) is 5.91 Å². The summed E-state index contributed by atoms with van der Waals surface area (Å²) < 4.78 is 0. The molecule has 0 N–H and O–H groups in total. The lowest BCUT2D eigenvalue weighted by atomic mass is 9.86. The first kappa shape index (κ1) is 13.6. The summed E-state index contributed by atoms with van der Waals surface area (Å²) in [5.41, 5.74) is 1.54. The number of hydrogen-bond donors (Lipinski definition) is 0. The number of rotatable bonds is 3. The predicted molar refractivity (Wildman–Crippen MR) is 79.6 cm³/mol. The van der Waals surface area contributed by atoms with Gasteiger partial charge in [-0.3, -0.25) is 4.79 Å². The van der Waals surface area contributed by atoms with Crippen LogP contribution in [0.1, 0.15) is 61.6 Å². The molecule has 0 spiro atoms. The Balaban J connectivity index is 1.78. The molecule has 0 aliphatic heterocycles. The van der Waals surface area contributed by atoms with E-state index in [0.717, 1.165) is 24.5 Å². The quantitative estimate of drug-likeness (QED) is 0.842. The van der Waals surface area contributed by atoms with Crippen molar-refractivity contribution in [2.24, 2.45) is 5.92 Å². The normalized spacial score (nSPS) is 26.3. The van der Waals surface area contributed by atoms with Gasteiger partial charge in [-0.15, -0.1) is 0 Å². The first-order valence-electron chi connectivity index (χ1n) is 7.91. The van der Waals surface area contributed by atoms with Crippen LogP contribution in [0.2, 0.25) is 0 Å². The second-order valence-electron chi connectivity index (χ2n) is 6.52. The number of nitrogens with zero attached hydrogens (tertiary/aromatic N) is 2. The van der Waals surface area contributed by atoms with E-state index in [-0.39, 0.29) is 5.91 Å². The minimum atomic E-state index is 0.149. The average molecular weight is 272 g/mol. The third-order valence-corrected chi connectivity index (χ3v) is 4.66. The van der Waals surface area contributed by atoms with E-state index in [0.29, 0.717) is 17.8 Å². The van der Waals surface area contributed by atoms with Crippen molar-refractivity contribution in [1.29, 1.82) is 0 Å². The van der Waals surface area contributed by atoms with Crippen LogP contribution in [-0.2, 0) is 0 Å². The number of amides is 1. The minimum Gasteiger partial charge on any atom is -0.331 e. The maximum Gasteiger partial charge on any atom is 0.272 e. The van der Waals surface area contributed by atoms with E-state index in [2.05, 4.69) is 16.8 Å². The molecule has 0 aromatic carbocycles. The van der Waals surface area contributed by atoms with Crippen molar-refractivity contribution in [1.82, 2.24) is 9.88 Å². The topological polar surface area (TPSA) is 33.2 Å². The van der Waals surface area contributed by atoms with Crippen molar-refractivity contribution in [3.05, 3.63) is 29.6 Å². The molecule has 2 aliphatic carbocycles. The highest BCUT2D eigenvalue weighted by Crippen LogP contribution is 2.36. The van der Waals surface area contributed by atoms with Crippen molar-refractivity contribution < 1.29 is 4.79 Å². The van der Waals surface area contributed by atoms with E-state index in [1.54, 1.807) is 0 Å². The predicted octanol–water partition coefficient (Wildman–Crippen LogP) is 3.57. The van der Waals surface area contributed by atoms with Gasteiger partial charge in [-0.25, -0.2) is 4.98 Å². The van der Waals surface area contributed by atoms with Crippen molar-refractivity contribution in [3.63, 3.8) is 0 Å². The summed E-state index contributed by atoms with van der Waals surface area (Å²) in [6.07, 6.45) is 7.17. The molecule has 0 radical (unpaired) electrons. The van der Waals surface area contributed by atoms with Gasteiger partial charge in [0.1, 0.15) is 5.69 Å². The Kier molecular flexibility index (Phi) is 3.77. The van der Waals surface area contributed by atoms with Crippen molar-refractivity contribution in [2.45, 2.75) is 64.5 Å². The summed E-state index contributed by atoms with van der Waals surface area (Å²) in [6.45, 7) is 4.27. The molecule has 1 amide bonds. The fourth-order valence-corrected chi connectivity index (χ4v) is 3.30. The summed E-state index contributed by atoms with van der Waals surface area (Å²) in [6, 6.07) is 6.65. The third kappa shape index (κ3) is 2.87. The zero-order valence-corrected chi connectivity index (χ0v) is 12.5. The van der Waals surface area contributed by atoms with Crippen LogP contribution in [0.4, 0.5) is 0 Å². The molecule has 3 rings (SSSR count). The van der Waals surface area contributed by atoms with Gasteiger partial charge < -0.3 is 4.90 Å². The highest BCUT2D eigenvalue weighted by Gasteiger charge is 2.39. The van der Waals surface area contributed by atoms with Crippen molar-refractivity contribution in [2.75, 3.05) is 0 Å². The van der Waals surface area contributed by atoms with E-state index in [1.807, 2.05) is 25.1 Å². The summed E-state index contributed by atoms with van der Waals surface area (Å²) in [7, 11) is 0. The second-order valence-corrected chi connectivity index (χ2v) is 6.52. The van der Waals surface area contributed by atoms with Crippen LogP contribution >= 0.6 is 0 Å². The monoisotopic (exact) mass is 272 g/mol. The van der Waals surface area contributed by atoms with E-state index >= 15 is 0 Å². The standard InChI is InChI=1S/C17H24N2O/c1-12-6-8-14(9-7-12)19(15-10-11-15)17(20)16-5-3-4-13(2)18-16/h3-5,12,14-15H,6-11H2,1-2H3. The molecule has 20 heavy (non-hydrogen) atoms. The Labute approximate surface area is 121 Å². The van der Waals surface area contributed by atoms with Crippen LogP contribution in [0.5, 0.6) is 0 Å². The summed E-state index contributed by atoms with van der Waals surface area (Å²) >= 11 is 0. The summed E-state index contributed by atoms with van der Waals surface area (Å²) in [5, 5.41) is 0. The van der Waals surface area contributed by atoms with Gasteiger partial charge in [-0.1, -0.05) is 13.0 Å². The molecule has 1 aromatic rings. The molecule has 0 unspecified atom stereocenters. The van der Waals surface area contributed by atoms with Crippen LogP contribution in [0.15, 0.2) is 18.2 Å². The molecule has 108 valence electrons. The number of aryl methyl sites for hydroxylation is 1. The lowest BCUT2D eigenvalue weighted by Gasteiger charge is -2.36. The van der Waals surface area contributed by atoms with Gasteiger partial charge in [0.05, 0.1) is 0 Å². The third-order valence-electron chi connectivity index (χ3n) is 4.66. The molecule has 2 fully saturated rings. The molecule has 2 saturated carbocycles. The average Bonchev–Trinajstić information content (AvgIpc) is 3.26. The first-order valence-corrected chi connectivity index (χ1v) is 7.91. The molecule has 2 aliphatic rings. The Morgan fingerprint density at radius 3 is 2.25 bits per heavy atom. The molecule has 1 aromatic heterocycles. The SMILES string of the molecule is Cc1cccc(C(=O)N(C2CCC(C)CC2)C2CC2)n1. The molecular weight excluding hydrogens is 248 g/mol. The molecule has 0 saturated heterocycles. The van der Waals surface area contributed by atoms with E-state index in [4.69, 9.17) is 0 Å². The summed E-state index contributed by atoms with van der Waals surface area (Å²) in [4.78, 5) is 19.4. The zero-order valence-electron chi connectivity index (χ0n) is 12.5. The van der Waals surface area contributed by atoms with Crippen LogP contribution in [0, 0.1) is 12.8 Å². The van der Waals surface area contributed by atoms with E-state index in [1.165, 1.54) is 25.7 Å². The Hall–Kier alpha value is -1.38. The van der Waals surface area contributed by atoms with Crippen LogP contribution in [-0.4, -0.2) is 27.9 Å². The maximum atomic E-state index is 12.8. The zero-order chi connectivity index (χ0) is 14.1. The molecule has 3 nitrogen and oxygen atoms in total. The number of hydrogen-bond acceptors (Lipinski definition) is 2. The van der Waals surface area contributed by atoms with E-state index < -0.39 is 0 Å². The van der Waals surface area contributed by atoms with Gasteiger partial charge in [-0.05, 0) is 63.5 Å². The maximum absolute atomic E-state index is 12.8. The molecule has 1 heterocycles. The number of aromatic nitrogens is 1. The molecule has 3 heteroatoms. The van der Waals surface area contributed by atoms with Gasteiger partial charge in [-0.2, -0.15) is 0 Å². The van der Waals surface area contributed by atoms with Gasteiger partial charge in [0, 0.05) is 17.8 Å². The summed E-state index contributed by atoms with van der Waals surface area (Å²) in [5.74, 6) is 0.968. The number of pyridine rings is 1. The lowest BCUT2D eigenvalue weighted by Crippen LogP contribution is -2.44. The fourth-order valence-electron chi connectivity index (χ4n) is 3.30. The molecular formula is C17H24N2O. The van der Waals surface area contributed by atoms with Crippen LogP contribution < -0.4 is 0 Å². The number of carbonyl (C=O) groups is 1. The van der Waals surface area contributed by atoms with Crippen molar-refractivity contribution >= 4 is 5.91 Å². The van der Waals surface area contributed by atoms with Crippen molar-refractivity contribution in [3.8, 4) is 0 Å². The van der Waals surface area contributed by atoms with Gasteiger partial charge in [0.15, 0.2) is 0 Å². The van der Waals surface area contributed by atoms with Crippen LogP contribution in [0.3, 0.4) is 0 Å². The largest absolute Gasteiger partial charge is 0.331 e. The minimum absolute atomic E-state index is 0.149. The fraction of sp³-hybridized carbons (Fsp3) is 0.647. The highest BCUT2D eigenvalue weighted by atomic mass is 16.2. The first-order chi connectivity index (χ1) is 9.65. The Morgan fingerprint density at radius 2 is 1.70 bits per heavy atom. The smallest absolute Gasteiger partial charge is 0.272 e. The highest BCUT2D eigenvalue weighted by molar-refractivity contribution is 5.93. The van der Waals surface area contributed by atoms with E-state index in [9.17, 15) is 4.79 Å². The van der Waals surface area contributed by atoms with Crippen LogP contribution in [0.25, 0.3) is 0 Å². The molecule has 0 bridgehead atoms. The van der Waals surface area contributed by atoms with Gasteiger partial charge in [0.2, 0.25) is 0 Å². The Bertz CT molecular complexity index is 488. The van der Waals surface area contributed by atoms with Gasteiger partial charge >= 0.3 is 0 Å². The lowest BCUT2D eigenvalue weighted by molar-refractivity contribution is 0.0587. The Morgan fingerprint density at radius 1 is 1.10 bits per heavy atom. The molecule has 0 atom stereocenters. The number of carbonyl (C=O) groups excluding carboxylic acids is 1.